The molecule has 0 atom stereocenters. The first-order chi connectivity index (χ1) is 8.56. The number of nitrogens with zero attached hydrogens (tertiary/aromatic N) is 1. The third-order valence-corrected chi connectivity index (χ3v) is 2.70. The molecule has 1 aromatic carbocycles. The Bertz CT molecular complexity index is 446. The minimum absolute atomic E-state index is 0.0729. The van der Waals surface area contributed by atoms with Crippen molar-refractivity contribution < 1.29 is 9.72 Å². The topological polar surface area (TPSA) is 98.3 Å². The second-order valence-corrected chi connectivity index (χ2v) is 3.99. The molecular weight excluding hydrogens is 234 g/mol. The highest BCUT2D eigenvalue weighted by Crippen LogP contribution is 2.20. The van der Waals surface area contributed by atoms with Crippen LogP contribution in [0.5, 0.6) is 0 Å². The van der Waals surface area contributed by atoms with E-state index in [-0.39, 0.29) is 11.6 Å². The lowest BCUT2D eigenvalue weighted by molar-refractivity contribution is -0.385. The molecule has 0 aliphatic rings. The first kappa shape index (κ1) is 14.1. The zero-order chi connectivity index (χ0) is 13.5. The summed E-state index contributed by atoms with van der Waals surface area (Å²) >= 11 is 0. The van der Waals surface area contributed by atoms with Crippen molar-refractivity contribution in [1.29, 1.82) is 0 Å². The van der Waals surface area contributed by atoms with Gasteiger partial charge in [0.25, 0.3) is 5.69 Å². The number of nitrogens with one attached hydrogen (secondary N) is 1. The molecule has 0 aliphatic heterocycles. The van der Waals surface area contributed by atoms with Crippen molar-refractivity contribution >= 4 is 11.6 Å². The van der Waals surface area contributed by atoms with E-state index in [0.29, 0.717) is 31.5 Å². The third-order valence-electron chi connectivity index (χ3n) is 2.70. The molecule has 1 rings (SSSR count). The van der Waals surface area contributed by atoms with Gasteiger partial charge in [0, 0.05) is 24.6 Å². The van der Waals surface area contributed by atoms with Crippen LogP contribution in [0.4, 0.5) is 5.69 Å². The van der Waals surface area contributed by atoms with Crippen LogP contribution in [0.3, 0.4) is 0 Å². The lowest BCUT2D eigenvalue weighted by Gasteiger charge is -2.08. The molecule has 3 N–H and O–H groups in total. The monoisotopic (exact) mass is 251 g/mol. The van der Waals surface area contributed by atoms with Gasteiger partial charge in [-0.2, -0.15) is 0 Å². The largest absolute Gasteiger partial charge is 0.352 e. The van der Waals surface area contributed by atoms with Crippen molar-refractivity contribution in [2.75, 3.05) is 6.54 Å². The Morgan fingerprint density at radius 1 is 1.50 bits per heavy atom. The Morgan fingerprint density at radius 3 is 2.83 bits per heavy atom. The van der Waals surface area contributed by atoms with Crippen LogP contribution in [0.2, 0.25) is 0 Å². The smallest absolute Gasteiger partial charge is 0.272 e. The Kier molecular flexibility index (Phi) is 5.26. The highest BCUT2D eigenvalue weighted by Gasteiger charge is 2.13. The summed E-state index contributed by atoms with van der Waals surface area (Å²) in [5.41, 5.74) is 6.72. The van der Waals surface area contributed by atoms with E-state index in [1.165, 1.54) is 6.07 Å². The SMILES string of the molecule is Cc1c(CNC(=O)CCCN)cccc1[N+](=O)[O-]. The van der Waals surface area contributed by atoms with Gasteiger partial charge in [-0.15, -0.1) is 0 Å². The third kappa shape index (κ3) is 3.81. The average molecular weight is 251 g/mol. The van der Waals surface area contributed by atoms with Gasteiger partial charge in [0.15, 0.2) is 0 Å². The maximum atomic E-state index is 11.4. The van der Waals surface area contributed by atoms with Crippen molar-refractivity contribution in [3.63, 3.8) is 0 Å². The first-order valence-electron chi connectivity index (χ1n) is 5.76. The number of rotatable bonds is 6. The van der Waals surface area contributed by atoms with Gasteiger partial charge < -0.3 is 11.1 Å². The summed E-state index contributed by atoms with van der Waals surface area (Å²) in [5, 5.41) is 13.5. The Hall–Kier alpha value is -1.95. The number of hydrogen-bond acceptors (Lipinski definition) is 4. The van der Waals surface area contributed by atoms with Gasteiger partial charge in [-0.25, -0.2) is 0 Å². The lowest BCUT2D eigenvalue weighted by atomic mass is 10.1. The normalized spacial score (nSPS) is 10.1. The summed E-state index contributed by atoms with van der Waals surface area (Å²) in [6.45, 7) is 2.46. The second-order valence-electron chi connectivity index (χ2n) is 3.99. The summed E-state index contributed by atoms with van der Waals surface area (Å²) in [6, 6.07) is 4.84. The molecule has 0 aromatic heterocycles. The molecule has 0 saturated heterocycles. The number of nitro groups is 1. The summed E-state index contributed by atoms with van der Waals surface area (Å²) < 4.78 is 0. The van der Waals surface area contributed by atoms with E-state index >= 15 is 0 Å². The molecule has 1 aromatic rings. The minimum atomic E-state index is -0.422. The summed E-state index contributed by atoms with van der Waals surface area (Å²) in [5.74, 6) is -0.0913. The summed E-state index contributed by atoms with van der Waals surface area (Å²) in [4.78, 5) is 21.7. The molecule has 6 nitrogen and oxygen atoms in total. The fourth-order valence-electron chi connectivity index (χ4n) is 1.60. The molecule has 1 amide bonds. The van der Waals surface area contributed by atoms with Gasteiger partial charge >= 0.3 is 0 Å². The summed E-state index contributed by atoms with van der Waals surface area (Å²) in [7, 11) is 0. The van der Waals surface area contributed by atoms with Crippen LogP contribution < -0.4 is 11.1 Å². The summed E-state index contributed by atoms with van der Waals surface area (Å²) in [6.07, 6.45) is 1.02. The highest BCUT2D eigenvalue weighted by molar-refractivity contribution is 5.75. The van der Waals surface area contributed by atoms with E-state index in [1.54, 1.807) is 19.1 Å². The number of amides is 1. The predicted molar refractivity (Wildman–Crippen MR) is 68.0 cm³/mol. The molecule has 18 heavy (non-hydrogen) atoms. The van der Waals surface area contributed by atoms with Crippen LogP contribution in [0, 0.1) is 17.0 Å². The van der Waals surface area contributed by atoms with Crippen molar-refractivity contribution in [2.45, 2.75) is 26.3 Å². The van der Waals surface area contributed by atoms with Crippen LogP contribution in [0.25, 0.3) is 0 Å². The van der Waals surface area contributed by atoms with Gasteiger partial charge in [-0.3, -0.25) is 14.9 Å². The predicted octanol–water partition coefficient (Wildman–Crippen LogP) is 1.26. The van der Waals surface area contributed by atoms with E-state index in [2.05, 4.69) is 5.32 Å². The molecule has 0 heterocycles. The Balaban J connectivity index is 2.65. The van der Waals surface area contributed by atoms with E-state index in [9.17, 15) is 14.9 Å². The lowest BCUT2D eigenvalue weighted by Crippen LogP contribution is -2.23. The quantitative estimate of drug-likeness (QED) is 0.587. The highest BCUT2D eigenvalue weighted by atomic mass is 16.6. The molecule has 0 saturated carbocycles. The van der Waals surface area contributed by atoms with Crippen molar-refractivity contribution in [2.24, 2.45) is 5.73 Å². The molecule has 6 heteroatoms. The number of nitro benzene ring substituents is 1. The Morgan fingerprint density at radius 2 is 2.22 bits per heavy atom. The van der Waals surface area contributed by atoms with Crippen LogP contribution in [-0.2, 0) is 11.3 Å². The first-order valence-corrected chi connectivity index (χ1v) is 5.76. The van der Waals surface area contributed by atoms with E-state index in [4.69, 9.17) is 5.73 Å². The van der Waals surface area contributed by atoms with Gasteiger partial charge in [-0.05, 0) is 25.5 Å². The van der Waals surface area contributed by atoms with Gasteiger partial charge in [0.2, 0.25) is 5.91 Å². The molecular formula is C12H17N3O3. The number of nitrogens with two attached hydrogens (primary N) is 1. The maximum Gasteiger partial charge on any atom is 0.272 e. The van der Waals surface area contributed by atoms with E-state index in [0.717, 1.165) is 5.56 Å². The standard InChI is InChI=1S/C12H17N3O3/c1-9-10(4-2-5-11(9)15(17)18)8-14-12(16)6-3-7-13/h2,4-5H,3,6-8,13H2,1H3,(H,14,16). The fourth-order valence-corrected chi connectivity index (χ4v) is 1.60. The molecule has 98 valence electrons. The van der Waals surface area contributed by atoms with Crippen LogP contribution in [-0.4, -0.2) is 17.4 Å². The minimum Gasteiger partial charge on any atom is -0.352 e. The number of carbonyl (C=O) groups is 1. The molecule has 0 aliphatic carbocycles. The molecule has 0 unspecified atom stereocenters. The van der Waals surface area contributed by atoms with Crippen molar-refractivity contribution in [3.8, 4) is 0 Å². The fraction of sp³-hybridized carbons (Fsp3) is 0.417. The molecule has 0 spiro atoms. The van der Waals surface area contributed by atoms with Gasteiger partial charge in [-0.1, -0.05) is 12.1 Å². The Labute approximate surface area is 105 Å². The van der Waals surface area contributed by atoms with Crippen LogP contribution >= 0.6 is 0 Å². The van der Waals surface area contributed by atoms with Gasteiger partial charge in [0.1, 0.15) is 0 Å². The number of carbonyl (C=O) groups excluding carboxylic acids is 1. The van der Waals surface area contributed by atoms with Crippen LogP contribution in [0.1, 0.15) is 24.0 Å². The molecule has 0 bridgehead atoms. The second kappa shape index (κ2) is 6.70. The van der Waals surface area contributed by atoms with Crippen molar-refractivity contribution in [1.82, 2.24) is 5.32 Å². The van der Waals surface area contributed by atoms with E-state index in [1.807, 2.05) is 0 Å². The van der Waals surface area contributed by atoms with Crippen LogP contribution in [0.15, 0.2) is 18.2 Å². The van der Waals surface area contributed by atoms with Gasteiger partial charge in [0.05, 0.1) is 4.92 Å². The number of hydrogen-bond donors (Lipinski definition) is 2. The zero-order valence-electron chi connectivity index (χ0n) is 10.3. The zero-order valence-corrected chi connectivity index (χ0v) is 10.3. The van der Waals surface area contributed by atoms with Crippen molar-refractivity contribution in [3.05, 3.63) is 39.4 Å². The molecule has 0 radical (unpaired) electrons. The average Bonchev–Trinajstić information content (AvgIpc) is 2.34. The maximum absolute atomic E-state index is 11.4. The van der Waals surface area contributed by atoms with E-state index < -0.39 is 4.92 Å². The number of benzene rings is 1. The molecule has 0 fully saturated rings.